The number of rotatable bonds is 5. The quantitative estimate of drug-likeness (QED) is 0.897. The minimum absolute atomic E-state index is 0.0477. The lowest BCUT2D eigenvalue weighted by Gasteiger charge is -2.23. The van der Waals surface area contributed by atoms with E-state index in [2.05, 4.69) is 45.9 Å². The molecule has 0 aliphatic heterocycles. The van der Waals surface area contributed by atoms with Gasteiger partial charge in [-0.25, -0.2) is 0 Å². The van der Waals surface area contributed by atoms with Crippen LogP contribution in [-0.2, 0) is 25.0 Å². The van der Waals surface area contributed by atoms with Crippen LogP contribution >= 0.6 is 0 Å². The molecule has 3 nitrogen and oxygen atoms in total. The number of furan rings is 1. The molecule has 0 bridgehead atoms. The van der Waals surface area contributed by atoms with Crippen molar-refractivity contribution in [2.75, 3.05) is 0 Å². The topological polar surface area (TPSA) is 48.4 Å². The van der Waals surface area contributed by atoms with Gasteiger partial charge in [0.2, 0.25) is 0 Å². The van der Waals surface area contributed by atoms with Crippen LogP contribution in [0.1, 0.15) is 50.1 Å². The van der Waals surface area contributed by atoms with E-state index in [0.717, 1.165) is 23.5 Å². The molecule has 0 spiro atoms. The van der Waals surface area contributed by atoms with Gasteiger partial charge >= 0.3 is 0 Å². The van der Waals surface area contributed by atoms with Crippen molar-refractivity contribution in [1.82, 2.24) is 0 Å². The largest absolute Gasteiger partial charge is 0.485 e. The number of nitrogens with two attached hydrogens (primary N) is 1. The third kappa shape index (κ3) is 3.88. The molecule has 0 atom stereocenters. The van der Waals surface area contributed by atoms with Crippen molar-refractivity contribution < 1.29 is 9.15 Å². The highest BCUT2D eigenvalue weighted by Crippen LogP contribution is 2.33. The predicted molar refractivity (Wildman–Crippen MR) is 85.5 cm³/mol. The van der Waals surface area contributed by atoms with Gasteiger partial charge < -0.3 is 14.9 Å². The molecule has 21 heavy (non-hydrogen) atoms. The van der Waals surface area contributed by atoms with E-state index in [1.807, 2.05) is 6.07 Å². The van der Waals surface area contributed by atoms with E-state index in [-0.39, 0.29) is 5.41 Å². The van der Waals surface area contributed by atoms with Crippen LogP contribution < -0.4 is 10.5 Å². The van der Waals surface area contributed by atoms with Gasteiger partial charge in [-0.05, 0) is 35.1 Å². The molecule has 0 aliphatic carbocycles. The molecule has 3 heteroatoms. The molecule has 0 fully saturated rings. The van der Waals surface area contributed by atoms with Crippen molar-refractivity contribution >= 4 is 0 Å². The fourth-order valence-corrected chi connectivity index (χ4v) is 2.27. The SMILES string of the molecule is CCc1ccc(OCc2cc(CN)co2)c(C(C)(C)C)c1. The standard InChI is InChI=1S/C18H25NO2/c1-5-13-6-7-17(16(9-13)18(2,3)4)21-12-15-8-14(10-19)11-20-15/h6-9,11H,5,10,12,19H2,1-4H3. The molecule has 2 aromatic rings. The van der Waals surface area contributed by atoms with Crippen molar-refractivity contribution in [3.05, 3.63) is 53.0 Å². The minimum Gasteiger partial charge on any atom is -0.485 e. The summed E-state index contributed by atoms with van der Waals surface area (Å²) in [6.45, 7) is 9.69. The van der Waals surface area contributed by atoms with E-state index < -0.39 is 0 Å². The molecule has 114 valence electrons. The highest BCUT2D eigenvalue weighted by molar-refractivity contribution is 5.41. The first-order valence-electron chi connectivity index (χ1n) is 7.46. The summed E-state index contributed by atoms with van der Waals surface area (Å²) in [7, 11) is 0. The summed E-state index contributed by atoms with van der Waals surface area (Å²) in [6.07, 6.45) is 2.71. The van der Waals surface area contributed by atoms with Crippen LogP contribution in [0, 0.1) is 0 Å². The van der Waals surface area contributed by atoms with Gasteiger partial charge in [0.25, 0.3) is 0 Å². The molecule has 0 unspecified atom stereocenters. The minimum atomic E-state index is 0.0477. The van der Waals surface area contributed by atoms with Gasteiger partial charge in [0.1, 0.15) is 18.1 Å². The maximum absolute atomic E-state index is 5.97. The Hall–Kier alpha value is -1.74. The van der Waals surface area contributed by atoms with Gasteiger partial charge in [0.05, 0.1) is 6.26 Å². The zero-order valence-electron chi connectivity index (χ0n) is 13.4. The van der Waals surface area contributed by atoms with Crippen molar-refractivity contribution in [1.29, 1.82) is 0 Å². The molecule has 1 aromatic carbocycles. The second-order valence-electron chi connectivity index (χ2n) is 6.35. The third-order valence-corrected chi connectivity index (χ3v) is 3.57. The smallest absolute Gasteiger partial charge is 0.146 e. The van der Waals surface area contributed by atoms with Crippen molar-refractivity contribution in [3.8, 4) is 5.75 Å². The summed E-state index contributed by atoms with van der Waals surface area (Å²) in [6, 6.07) is 8.37. The molecule has 0 radical (unpaired) electrons. The lowest BCUT2D eigenvalue weighted by atomic mass is 9.85. The highest BCUT2D eigenvalue weighted by Gasteiger charge is 2.19. The van der Waals surface area contributed by atoms with Crippen molar-refractivity contribution in [2.45, 2.75) is 52.7 Å². The first-order valence-corrected chi connectivity index (χ1v) is 7.46. The normalized spacial score (nSPS) is 11.7. The number of ether oxygens (including phenoxy) is 1. The highest BCUT2D eigenvalue weighted by atomic mass is 16.5. The average Bonchev–Trinajstić information content (AvgIpc) is 2.92. The van der Waals surface area contributed by atoms with Gasteiger partial charge in [-0.1, -0.05) is 39.8 Å². The van der Waals surface area contributed by atoms with E-state index >= 15 is 0 Å². The summed E-state index contributed by atoms with van der Waals surface area (Å²) in [4.78, 5) is 0. The molecule has 1 aromatic heterocycles. The Balaban J connectivity index is 2.19. The molecule has 2 rings (SSSR count). The summed E-state index contributed by atoms with van der Waals surface area (Å²) >= 11 is 0. The fourth-order valence-electron chi connectivity index (χ4n) is 2.27. The van der Waals surface area contributed by atoms with Crippen LogP contribution in [0.25, 0.3) is 0 Å². The monoisotopic (exact) mass is 287 g/mol. The van der Waals surface area contributed by atoms with Gasteiger partial charge in [-0.2, -0.15) is 0 Å². The fraction of sp³-hybridized carbons (Fsp3) is 0.444. The van der Waals surface area contributed by atoms with Crippen LogP contribution in [0.4, 0.5) is 0 Å². The maximum Gasteiger partial charge on any atom is 0.146 e. The van der Waals surface area contributed by atoms with Crippen LogP contribution in [0.3, 0.4) is 0 Å². The van der Waals surface area contributed by atoms with Crippen LogP contribution in [0.15, 0.2) is 34.9 Å². The maximum atomic E-state index is 5.97. The Kier molecular flexibility index (Phi) is 4.73. The molecule has 0 aliphatic rings. The lowest BCUT2D eigenvalue weighted by Crippen LogP contribution is -2.14. The first-order chi connectivity index (χ1) is 9.94. The molecular formula is C18H25NO2. The third-order valence-electron chi connectivity index (χ3n) is 3.57. The van der Waals surface area contributed by atoms with E-state index in [0.29, 0.717) is 13.2 Å². The zero-order valence-corrected chi connectivity index (χ0v) is 13.4. The average molecular weight is 287 g/mol. The van der Waals surface area contributed by atoms with Crippen LogP contribution in [-0.4, -0.2) is 0 Å². The van der Waals surface area contributed by atoms with E-state index in [9.17, 15) is 0 Å². The summed E-state index contributed by atoms with van der Waals surface area (Å²) in [5, 5.41) is 0. The number of hydrogen-bond donors (Lipinski definition) is 1. The van der Waals surface area contributed by atoms with E-state index in [4.69, 9.17) is 14.9 Å². The second kappa shape index (κ2) is 6.35. The van der Waals surface area contributed by atoms with Gasteiger partial charge in [0, 0.05) is 12.1 Å². The van der Waals surface area contributed by atoms with Gasteiger partial charge in [0.15, 0.2) is 0 Å². The van der Waals surface area contributed by atoms with Crippen molar-refractivity contribution in [2.24, 2.45) is 5.73 Å². The molecule has 2 N–H and O–H groups in total. The molecule has 0 saturated carbocycles. The van der Waals surface area contributed by atoms with E-state index in [1.165, 1.54) is 11.1 Å². The molecule has 0 amide bonds. The molecule has 1 heterocycles. The number of aryl methyl sites for hydroxylation is 1. The van der Waals surface area contributed by atoms with Gasteiger partial charge in [-0.3, -0.25) is 0 Å². The summed E-state index contributed by atoms with van der Waals surface area (Å²) in [5.41, 5.74) is 9.18. The van der Waals surface area contributed by atoms with Crippen LogP contribution in [0.5, 0.6) is 5.75 Å². The van der Waals surface area contributed by atoms with E-state index in [1.54, 1.807) is 6.26 Å². The predicted octanol–water partition coefficient (Wildman–Crippen LogP) is 4.18. The Labute approximate surface area is 127 Å². The summed E-state index contributed by atoms with van der Waals surface area (Å²) < 4.78 is 11.4. The van der Waals surface area contributed by atoms with Crippen molar-refractivity contribution in [3.63, 3.8) is 0 Å². The van der Waals surface area contributed by atoms with Gasteiger partial charge in [-0.15, -0.1) is 0 Å². The summed E-state index contributed by atoms with van der Waals surface area (Å²) in [5.74, 6) is 1.72. The number of hydrogen-bond acceptors (Lipinski definition) is 3. The first kappa shape index (κ1) is 15.6. The Morgan fingerprint density at radius 3 is 2.48 bits per heavy atom. The molecule has 0 saturated heterocycles. The Morgan fingerprint density at radius 1 is 1.14 bits per heavy atom. The van der Waals surface area contributed by atoms with Crippen LogP contribution in [0.2, 0.25) is 0 Å². The lowest BCUT2D eigenvalue weighted by molar-refractivity contribution is 0.264. The zero-order chi connectivity index (χ0) is 15.5. The second-order valence-corrected chi connectivity index (χ2v) is 6.35. The number of benzene rings is 1. The molecular weight excluding hydrogens is 262 g/mol. The Morgan fingerprint density at radius 2 is 1.90 bits per heavy atom. The Bertz CT molecular complexity index is 594.